The quantitative estimate of drug-likeness (QED) is 0.302. The van der Waals surface area contributed by atoms with Crippen molar-refractivity contribution in [1.29, 1.82) is 5.26 Å². The molecule has 2 aromatic rings. The predicted octanol–water partition coefficient (Wildman–Crippen LogP) is 4.25. The number of carbonyl (C=O) groups excluding carboxylic acids is 2. The molecule has 38 heavy (non-hydrogen) atoms. The monoisotopic (exact) mass is 521 g/mol. The number of rotatable bonds is 8. The summed E-state index contributed by atoms with van der Waals surface area (Å²) in [7, 11) is 0. The molecule has 3 rings (SSSR count). The van der Waals surface area contributed by atoms with Gasteiger partial charge in [0, 0.05) is 49.9 Å². The summed E-state index contributed by atoms with van der Waals surface area (Å²) in [4.78, 5) is 26.2. The van der Waals surface area contributed by atoms with Crippen LogP contribution in [0.1, 0.15) is 70.4 Å². The maximum Gasteiger partial charge on any atom is 0.407 e. The minimum atomic E-state index is -0.951. The summed E-state index contributed by atoms with van der Waals surface area (Å²) in [6, 6.07) is 15.1. The average molecular weight is 522 g/mol. The Labute approximate surface area is 225 Å². The van der Waals surface area contributed by atoms with Crippen molar-refractivity contribution in [3.63, 3.8) is 0 Å². The zero-order valence-corrected chi connectivity index (χ0v) is 23.0. The number of aliphatic hydroxyl groups excluding tert-OH is 1. The molecule has 4 N–H and O–H groups in total. The Kier molecular flexibility index (Phi) is 9.36. The molecule has 9 nitrogen and oxygen atoms in total. The van der Waals surface area contributed by atoms with Gasteiger partial charge in [-0.3, -0.25) is 10.1 Å². The molecule has 0 fully saturated rings. The van der Waals surface area contributed by atoms with Crippen LogP contribution in [0.25, 0.3) is 0 Å². The van der Waals surface area contributed by atoms with Gasteiger partial charge in [0.25, 0.3) is 0 Å². The second-order valence-corrected chi connectivity index (χ2v) is 10.8. The molecular formula is C29H39N5O4. The van der Waals surface area contributed by atoms with Gasteiger partial charge in [-0.1, -0.05) is 13.0 Å². The first-order valence-corrected chi connectivity index (χ1v) is 13.0. The largest absolute Gasteiger partial charge is 0.444 e. The zero-order valence-electron chi connectivity index (χ0n) is 23.0. The van der Waals surface area contributed by atoms with E-state index < -0.39 is 17.9 Å². The minimum Gasteiger partial charge on any atom is -0.444 e. The van der Waals surface area contributed by atoms with Gasteiger partial charge in [-0.15, -0.1) is 0 Å². The van der Waals surface area contributed by atoms with Gasteiger partial charge in [-0.2, -0.15) is 5.26 Å². The van der Waals surface area contributed by atoms with E-state index in [0.717, 1.165) is 16.9 Å². The highest BCUT2D eigenvalue weighted by molar-refractivity contribution is 5.94. The van der Waals surface area contributed by atoms with E-state index in [1.54, 1.807) is 39.8 Å². The van der Waals surface area contributed by atoms with Gasteiger partial charge < -0.3 is 25.4 Å². The van der Waals surface area contributed by atoms with E-state index in [1.165, 1.54) is 0 Å². The Morgan fingerprint density at radius 2 is 1.82 bits per heavy atom. The number of amides is 2. The Balaban J connectivity index is 1.75. The van der Waals surface area contributed by atoms with Crippen LogP contribution in [-0.2, 0) is 9.53 Å². The third-order valence-corrected chi connectivity index (χ3v) is 6.84. The fourth-order valence-corrected chi connectivity index (χ4v) is 4.78. The third kappa shape index (κ3) is 7.24. The Hall–Kier alpha value is -3.61. The van der Waals surface area contributed by atoms with Crippen LogP contribution >= 0.6 is 0 Å². The topological polar surface area (TPSA) is 127 Å². The van der Waals surface area contributed by atoms with Gasteiger partial charge >= 0.3 is 6.09 Å². The molecule has 9 heteroatoms. The van der Waals surface area contributed by atoms with Crippen LogP contribution in [0, 0.1) is 17.2 Å². The molecule has 204 valence electrons. The maximum absolute atomic E-state index is 12.6. The first-order valence-electron chi connectivity index (χ1n) is 13.0. The van der Waals surface area contributed by atoms with Crippen LogP contribution in [0.4, 0.5) is 16.2 Å². The number of nitrogens with one attached hydrogen (secondary N) is 3. The van der Waals surface area contributed by atoms with E-state index in [4.69, 9.17) is 10.00 Å². The highest BCUT2D eigenvalue weighted by Gasteiger charge is 2.38. The van der Waals surface area contributed by atoms with E-state index in [0.29, 0.717) is 30.8 Å². The van der Waals surface area contributed by atoms with Crippen molar-refractivity contribution in [3.8, 4) is 6.07 Å². The van der Waals surface area contributed by atoms with Crippen molar-refractivity contribution in [1.82, 2.24) is 10.6 Å². The number of aliphatic hydroxyl groups is 1. The smallest absolute Gasteiger partial charge is 0.407 e. The average Bonchev–Trinajstić information content (AvgIpc) is 2.85. The number of hydrogen-bond acceptors (Lipinski definition) is 7. The fraction of sp³-hybridized carbons (Fsp3) is 0.483. The van der Waals surface area contributed by atoms with Crippen molar-refractivity contribution in [2.45, 2.75) is 65.3 Å². The third-order valence-electron chi connectivity index (χ3n) is 6.84. The van der Waals surface area contributed by atoms with Crippen LogP contribution in [0.3, 0.4) is 0 Å². The van der Waals surface area contributed by atoms with Crippen LogP contribution in [0.2, 0.25) is 0 Å². The lowest BCUT2D eigenvalue weighted by atomic mass is 9.77. The molecule has 1 aliphatic heterocycles. The second-order valence-electron chi connectivity index (χ2n) is 10.8. The van der Waals surface area contributed by atoms with Gasteiger partial charge in [0.15, 0.2) is 0 Å². The number of carbonyl (C=O) groups is 2. The molecule has 0 saturated heterocycles. The lowest BCUT2D eigenvalue weighted by Crippen LogP contribution is -2.48. The van der Waals surface area contributed by atoms with Crippen LogP contribution in [0.5, 0.6) is 0 Å². The molecule has 1 aliphatic rings. The Morgan fingerprint density at radius 1 is 1.13 bits per heavy atom. The number of fused-ring (bicyclic) bond motifs is 1. The molecule has 0 aromatic heterocycles. The molecule has 4 atom stereocenters. The molecular weight excluding hydrogens is 482 g/mol. The summed E-state index contributed by atoms with van der Waals surface area (Å²) >= 11 is 0. The molecule has 2 aromatic carbocycles. The molecule has 0 spiro atoms. The summed E-state index contributed by atoms with van der Waals surface area (Å²) in [5.41, 5.74) is 3.44. The number of nitrogens with zero attached hydrogens (tertiary/aromatic N) is 2. The number of ether oxygens (including phenoxy) is 1. The van der Waals surface area contributed by atoms with Crippen molar-refractivity contribution in [2.24, 2.45) is 5.92 Å². The molecule has 0 aliphatic carbocycles. The Morgan fingerprint density at radius 3 is 2.42 bits per heavy atom. The summed E-state index contributed by atoms with van der Waals surface area (Å²) in [6.45, 7) is 12.4. The van der Waals surface area contributed by atoms with E-state index in [9.17, 15) is 14.7 Å². The van der Waals surface area contributed by atoms with Crippen molar-refractivity contribution in [3.05, 3.63) is 59.2 Å². The number of anilines is 2. The SMILES string of the molecule is CC(=O)N1c2ccc(C(O)NCCNC(=O)OC(C)(C)C)cc2C(CNc2ccc(C#N)cc2)[C@@H](C)[C@@H]1C. The fourth-order valence-electron chi connectivity index (χ4n) is 4.78. The normalized spacial score (nSPS) is 19.6. The first-order chi connectivity index (χ1) is 17.9. The summed E-state index contributed by atoms with van der Waals surface area (Å²) < 4.78 is 5.23. The maximum atomic E-state index is 12.6. The highest BCUT2D eigenvalue weighted by atomic mass is 16.6. The van der Waals surface area contributed by atoms with Gasteiger partial charge in [0.05, 0.1) is 11.6 Å². The molecule has 0 bridgehead atoms. The predicted molar refractivity (Wildman–Crippen MR) is 148 cm³/mol. The van der Waals surface area contributed by atoms with Crippen LogP contribution < -0.4 is 20.9 Å². The van der Waals surface area contributed by atoms with E-state index >= 15 is 0 Å². The number of benzene rings is 2. The standard InChI is InChI=1S/C29H39N5O4/c1-18-19(2)34(20(3)35)26-12-9-22(27(36)31-13-14-32-28(37)38-29(4,5)6)15-24(26)25(18)17-33-23-10-7-21(16-30)8-11-23/h7-12,15,18-19,25,27,31,33,36H,13-14,17H2,1-6H3,(H,32,37)/t18-,19-,25?,27?/m0/s1. The molecule has 1 heterocycles. The summed E-state index contributed by atoms with van der Waals surface area (Å²) in [5, 5.41) is 29.1. The van der Waals surface area contributed by atoms with Crippen molar-refractivity contribution >= 4 is 23.4 Å². The molecule has 2 amide bonds. The number of alkyl carbamates (subject to hydrolysis) is 1. The van der Waals surface area contributed by atoms with Gasteiger partial charge in [-0.25, -0.2) is 4.79 Å². The molecule has 2 unspecified atom stereocenters. The molecule has 0 saturated carbocycles. The van der Waals surface area contributed by atoms with Crippen LogP contribution in [-0.4, -0.2) is 48.4 Å². The Bertz CT molecular complexity index is 1170. The number of hydrogen-bond donors (Lipinski definition) is 4. The van der Waals surface area contributed by atoms with Crippen molar-refractivity contribution < 1.29 is 19.4 Å². The second kappa shape index (κ2) is 12.3. The van der Waals surface area contributed by atoms with Gasteiger partial charge in [0.1, 0.15) is 11.8 Å². The highest BCUT2D eigenvalue weighted by Crippen LogP contribution is 2.43. The van der Waals surface area contributed by atoms with E-state index in [2.05, 4.69) is 35.9 Å². The first kappa shape index (κ1) is 29.0. The van der Waals surface area contributed by atoms with Gasteiger partial charge in [-0.05, 0) is 81.1 Å². The van der Waals surface area contributed by atoms with E-state index in [1.807, 2.05) is 35.2 Å². The summed E-state index contributed by atoms with van der Waals surface area (Å²) in [6.07, 6.45) is -1.46. The zero-order chi connectivity index (χ0) is 28.0. The summed E-state index contributed by atoms with van der Waals surface area (Å²) in [5.74, 6) is 0.201. The van der Waals surface area contributed by atoms with Crippen molar-refractivity contribution in [2.75, 3.05) is 29.9 Å². The minimum absolute atomic E-state index is 0.000548. The lowest BCUT2D eigenvalue weighted by molar-refractivity contribution is -0.117. The number of nitriles is 1. The lowest BCUT2D eigenvalue weighted by Gasteiger charge is -2.44. The molecule has 0 radical (unpaired) electrons. The van der Waals surface area contributed by atoms with Crippen LogP contribution in [0.15, 0.2) is 42.5 Å². The van der Waals surface area contributed by atoms with Gasteiger partial charge in [0.2, 0.25) is 5.91 Å². The van der Waals surface area contributed by atoms with E-state index in [-0.39, 0.29) is 23.8 Å².